The standard InChI is InChI=1S/C18H28N2O3S/c1-4-18(21)19-10-5-11-20(13-12-19)24(22,23)17-8-6-16(7-9-17)14-15(2)3/h6-9,15H,4-5,10-14H2,1-3H3. The first-order chi connectivity index (χ1) is 11.3. The second-order valence-corrected chi connectivity index (χ2v) is 8.67. The summed E-state index contributed by atoms with van der Waals surface area (Å²) in [5, 5.41) is 0. The van der Waals surface area contributed by atoms with Gasteiger partial charge in [-0.1, -0.05) is 32.9 Å². The molecule has 1 amide bonds. The van der Waals surface area contributed by atoms with E-state index in [0.717, 1.165) is 12.0 Å². The van der Waals surface area contributed by atoms with E-state index in [1.807, 2.05) is 19.1 Å². The lowest BCUT2D eigenvalue weighted by Crippen LogP contribution is -2.37. The molecule has 0 spiro atoms. The Balaban J connectivity index is 2.10. The molecule has 0 aliphatic carbocycles. The topological polar surface area (TPSA) is 57.7 Å². The summed E-state index contributed by atoms with van der Waals surface area (Å²) in [6, 6.07) is 7.20. The summed E-state index contributed by atoms with van der Waals surface area (Å²) in [4.78, 5) is 13.9. The average molecular weight is 353 g/mol. The first-order valence-electron chi connectivity index (χ1n) is 8.71. The molecule has 0 radical (unpaired) electrons. The smallest absolute Gasteiger partial charge is 0.243 e. The Hall–Kier alpha value is -1.40. The van der Waals surface area contributed by atoms with Gasteiger partial charge in [-0.3, -0.25) is 4.79 Å². The minimum Gasteiger partial charge on any atom is -0.341 e. The van der Waals surface area contributed by atoms with Gasteiger partial charge in [0.05, 0.1) is 4.90 Å². The third kappa shape index (κ3) is 4.57. The van der Waals surface area contributed by atoms with Crippen molar-refractivity contribution in [3.8, 4) is 0 Å². The van der Waals surface area contributed by atoms with Crippen LogP contribution in [0.3, 0.4) is 0 Å². The molecule has 2 rings (SSSR count). The average Bonchev–Trinajstić information content (AvgIpc) is 2.80. The van der Waals surface area contributed by atoms with Crippen molar-refractivity contribution in [2.75, 3.05) is 26.2 Å². The maximum atomic E-state index is 12.8. The van der Waals surface area contributed by atoms with Crippen molar-refractivity contribution < 1.29 is 13.2 Å². The largest absolute Gasteiger partial charge is 0.341 e. The fourth-order valence-corrected chi connectivity index (χ4v) is 4.49. The number of carbonyl (C=O) groups excluding carboxylic acids is 1. The molecule has 134 valence electrons. The van der Waals surface area contributed by atoms with Crippen LogP contribution in [0.4, 0.5) is 0 Å². The Labute approximate surface area is 145 Å². The minimum absolute atomic E-state index is 0.0901. The molecule has 1 fully saturated rings. The maximum Gasteiger partial charge on any atom is 0.243 e. The number of hydrogen-bond acceptors (Lipinski definition) is 3. The van der Waals surface area contributed by atoms with Crippen LogP contribution in [0.5, 0.6) is 0 Å². The molecular formula is C18H28N2O3S. The predicted octanol–water partition coefficient (Wildman–Crippen LogP) is 2.52. The molecule has 0 unspecified atom stereocenters. The number of nitrogens with zero attached hydrogens (tertiary/aromatic N) is 2. The molecule has 1 heterocycles. The van der Waals surface area contributed by atoms with Crippen molar-refractivity contribution in [3.63, 3.8) is 0 Å². The van der Waals surface area contributed by atoms with Crippen LogP contribution < -0.4 is 0 Å². The molecule has 0 saturated carbocycles. The lowest BCUT2D eigenvalue weighted by molar-refractivity contribution is -0.130. The SMILES string of the molecule is CCC(=O)N1CCCN(S(=O)(=O)c2ccc(CC(C)C)cc2)CC1. The summed E-state index contributed by atoms with van der Waals surface area (Å²) >= 11 is 0. The molecule has 1 aromatic carbocycles. The van der Waals surface area contributed by atoms with E-state index >= 15 is 0 Å². The number of hydrogen-bond donors (Lipinski definition) is 0. The molecule has 6 heteroatoms. The second kappa shape index (κ2) is 8.12. The van der Waals surface area contributed by atoms with Gasteiger partial charge in [-0.25, -0.2) is 8.42 Å². The summed E-state index contributed by atoms with van der Waals surface area (Å²) < 4.78 is 27.2. The first kappa shape index (κ1) is 18.9. The predicted molar refractivity (Wildman–Crippen MR) is 95.2 cm³/mol. The highest BCUT2D eigenvalue weighted by atomic mass is 32.2. The van der Waals surface area contributed by atoms with E-state index in [1.54, 1.807) is 17.0 Å². The summed E-state index contributed by atoms with van der Waals surface area (Å²) in [5.41, 5.74) is 1.15. The van der Waals surface area contributed by atoms with E-state index in [9.17, 15) is 13.2 Å². The van der Waals surface area contributed by atoms with E-state index in [0.29, 0.717) is 49.8 Å². The van der Waals surface area contributed by atoms with Crippen molar-refractivity contribution >= 4 is 15.9 Å². The van der Waals surface area contributed by atoms with Crippen LogP contribution in [0, 0.1) is 5.92 Å². The number of amides is 1. The van der Waals surface area contributed by atoms with Crippen LogP contribution >= 0.6 is 0 Å². The summed E-state index contributed by atoms with van der Waals surface area (Å²) in [7, 11) is -3.49. The molecule has 1 aliphatic rings. The molecule has 1 aliphatic heterocycles. The zero-order valence-electron chi connectivity index (χ0n) is 14.9. The van der Waals surface area contributed by atoms with Gasteiger partial charge in [-0.15, -0.1) is 0 Å². The Kier molecular flexibility index (Phi) is 6.40. The maximum absolute atomic E-state index is 12.8. The minimum atomic E-state index is -3.49. The van der Waals surface area contributed by atoms with Gasteiger partial charge in [-0.05, 0) is 36.5 Å². The van der Waals surface area contributed by atoms with Gasteiger partial charge in [0.25, 0.3) is 0 Å². The van der Waals surface area contributed by atoms with Gasteiger partial charge in [0.2, 0.25) is 15.9 Å². The normalized spacial score (nSPS) is 17.1. The fraction of sp³-hybridized carbons (Fsp3) is 0.611. The summed E-state index contributed by atoms with van der Waals surface area (Å²) in [5.74, 6) is 0.632. The molecule has 1 saturated heterocycles. The molecule has 0 aromatic heterocycles. The van der Waals surface area contributed by atoms with E-state index < -0.39 is 10.0 Å². The molecule has 5 nitrogen and oxygen atoms in total. The monoisotopic (exact) mass is 352 g/mol. The van der Waals surface area contributed by atoms with Gasteiger partial charge >= 0.3 is 0 Å². The number of carbonyl (C=O) groups is 1. The zero-order chi connectivity index (χ0) is 17.7. The lowest BCUT2D eigenvalue weighted by Gasteiger charge is -2.21. The summed E-state index contributed by atoms with van der Waals surface area (Å²) in [6.07, 6.45) is 2.08. The lowest BCUT2D eigenvalue weighted by atomic mass is 10.0. The van der Waals surface area contributed by atoms with Crippen molar-refractivity contribution in [1.29, 1.82) is 0 Å². The molecule has 1 aromatic rings. The van der Waals surface area contributed by atoms with Crippen molar-refractivity contribution in [1.82, 2.24) is 9.21 Å². The molecule has 24 heavy (non-hydrogen) atoms. The summed E-state index contributed by atoms with van der Waals surface area (Å²) in [6.45, 7) is 8.05. The highest BCUT2D eigenvalue weighted by Crippen LogP contribution is 2.19. The van der Waals surface area contributed by atoms with Crippen molar-refractivity contribution in [3.05, 3.63) is 29.8 Å². The highest BCUT2D eigenvalue weighted by Gasteiger charge is 2.27. The highest BCUT2D eigenvalue weighted by molar-refractivity contribution is 7.89. The molecule has 0 bridgehead atoms. The molecule has 0 N–H and O–H groups in total. The van der Waals surface area contributed by atoms with Gasteiger partial charge in [0.1, 0.15) is 0 Å². The molecular weight excluding hydrogens is 324 g/mol. The quantitative estimate of drug-likeness (QED) is 0.818. The van der Waals surface area contributed by atoms with Crippen LogP contribution in [-0.4, -0.2) is 49.7 Å². The van der Waals surface area contributed by atoms with Crippen molar-refractivity contribution in [2.45, 2.75) is 44.9 Å². The van der Waals surface area contributed by atoms with E-state index in [-0.39, 0.29) is 5.91 Å². The molecule has 0 atom stereocenters. The van der Waals surface area contributed by atoms with E-state index in [2.05, 4.69) is 13.8 Å². The Morgan fingerprint density at radius 3 is 2.33 bits per heavy atom. The van der Waals surface area contributed by atoms with Gasteiger partial charge in [0, 0.05) is 32.6 Å². The third-order valence-corrected chi connectivity index (χ3v) is 6.23. The van der Waals surface area contributed by atoms with Crippen LogP contribution in [0.15, 0.2) is 29.2 Å². The van der Waals surface area contributed by atoms with Crippen LogP contribution in [-0.2, 0) is 21.2 Å². The van der Waals surface area contributed by atoms with Gasteiger partial charge in [-0.2, -0.15) is 4.31 Å². The fourth-order valence-electron chi connectivity index (χ4n) is 3.03. The van der Waals surface area contributed by atoms with E-state index in [1.165, 1.54) is 4.31 Å². The van der Waals surface area contributed by atoms with Crippen LogP contribution in [0.25, 0.3) is 0 Å². The first-order valence-corrected chi connectivity index (χ1v) is 10.2. The number of sulfonamides is 1. The van der Waals surface area contributed by atoms with Crippen LogP contribution in [0.2, 0.25) is 0 Å². The van der Waals surface area contributed by atoms with E-state index in [4.69, 9.17) is 0 Å². The Morgan fingerprint density at radius 1 is 1.08 bits per heavy atom. The second-order valence-electron chi connectivity index (χ2n) is 6.73. The van der Waals surface area contributed by atoms with Gasteiger partial charge in [0.15, 0.2) is 0 Å². The number of rotatable bonds is 5. The Bertz CT molecular complexity index is 653. The Morgan fingerprint density at radius 2 is 1.75 bits per heavy atom. The third-order valence-electron chi connectivity index (χ3n) is 4.32. The zero-order valence-corrected chi connectivity index (χ0v) is 15.7. The van der Waals surface area contributed by atoms with Gasteiger partial charge < -0.3 is 4.90 Å². The number of benzene rings is 1. The van der Waals surface area contributed by atoms with Crippen LogP contribution in [0.1, 0.15) is 39.2 Å². The van der Waals surface area contributed by atoms with Crippen molar-refractivity contribution in [2.24, 2.45) is 5.92 Å².